The van der Waals surface area contributed by atoms with E-state index in [-0.39, 0.29) is 23.8 Å². The summed E-state index contributed by atoms with van der Waals surface area (Å²) in [5.41, 5.74) is 2.16. The van der Waals surface area contributed by atoms with E-state index >= 15 is 0 Å². The van der Waals surface area contributed by atoms with E-state index in [0.29, 0.717) is 26.1 Å². The first-order valence-corrected chi connectivity index (χ1v) is 11.9. The summed E-state index contributed by atoms with van der Waals surface area (Å²) in [4.78, 5) is 14.7. The van der Waals surface area contributed by atoms with Crippen LogP contribution in [-0.4, -0.2) is 66.0 Å². The van der Waals surface area contributed by atoms with Crippen LogP contribution in [-0.2, 0) is 27.9 Å². The first-order valence-electron chi connectivity index (χ1n) is 10.5. The van der Waals surface area contributed by atoms with Crippen molar-refractivity contribution in [2.24, 2.45) is 0 Å². The molecule has 164 valence electrons. The average molecular weight is 434 g/mol. The summed E-state index contributed by atoms with van der Waals surface area (Å²) in [5.74, 6) is -0.125. The first-order chi connectivity index (χ1) is 14.4. The molecular formula is C21H31N5O3S. The lowest BCUT2D eigenvalue weighted by Gasteiger charge is -2.24. The van der Waals surface area contributed by atoms with E-state index in [1.165, 1.54) is 4.31 Å². The molecule has 0 unspecified atom stereocenters. The predicted molar refractivity (Wildman–Crippen MR) is 115 cm³/mol. The van der Waals surface area contributed by atoms with E-state index < -0.39 is 10.0 Å². The Labute approximate surface area is 178 Å². The number of hydrogen-bond acceptors (Lipinski definition) is 5. The van der Waals surface area contributed by atoms with Crippen LogP contribution in [0.25, 0.3) is 0 Å². The van der Waals surface area contributed by atoms with Gasteiger partial charge in [-0.15, -0.1) is 0 Å². The highest BCUT2D eigenvalue weighted by Gasteiger charge is 2.25. The zero-order chi connectivity index (χ0) is 21.6. The minimum Gasteiger partial charge on any atom is -0.355 e. The van der Waals surface area contributed by atoms with Crippen LogP contribution in [0.1, 0.15) is 31.0 Å². The summed E-state index contributed by atoms with van der Waals surface area (Å²) < 4.78 is 29.5. The third-order valence-electron chi connectivity index (χ3n) is 5.37. The van der Waals surface area contributed by atoms with Crippen molar-refractivity contribution in [3.05, 3.63) is 47.8 Å². The SMILES string of the molecule is CCn1cc(CN2CCCN(S(=O)(=O)c3ccccc3)CCC(=O)NCC2)c(C)n1. The number of sulfonamides is 1. The fourth-order valence-corrected chi connectivity index (χ4v) is 5.12. The fraction of sp³-hybridized carbons (Fsp3) is 0.524. The van der Waals surface area contributed by atoms with Gasteiger partial charge in [0.25, 0.3) is 0 Å². The van der Waals surface area contributed by atoms with E-state index in [2.05, 4.69) is 28.4 Å². The van der Waals surface area contributed by atoms with Gasteiger partial charge in [-0.05, 0) is 38.9 Å². The Balaban J connectivity index is 1.73. The molecular weight excluding hydrogens is 402 g/mol. The van der Waals surface area contributed by atoms with Crippen LogP contribution in [0.3, 0.4) is 0 Å². The number of hydrogen-bond donors (Lipinski definition) is 1. The molecule has 9 heteroatoms. The van der Waals surface area contributed by atoms with E-state index in [1.54, 1.807) is 30.3 Å². The second kappa shape index (κ2) is 10.2. The maximum atomic E-state index is 13.1. The van der Waals surface area contributed by atoms with Gasteiger partial charge in [0.2, 0.25) is 15.9 Å². The van der Waals surface area contributed by atoms with Gasteiger partial charge in [0, 0.05) is 57.4 Å². The molecule has 2 heterocycles. The van der Waals surface area contributed by atoms with Crippen LogP contribution in [0.2, 0.25) is 0 Å². The average Bonchev–Trinajstić information content (AvgIpc) is 3.07. The Hall–Kier alpha value is -2.23. The largest absolute Gasteiger partial charge is 0.355 e. The third-order valence-corrected chi connectivity index (χ3v) is 7.28. The van der Waals surface area contributed by atoms with E-state index in [1.807, 2.05) is 11.6 Å². The van der Waals surface area contributed by atoms with Crippen molar-refractivity contribution < 1.29 is 13.2 Å². The van der Waals surface area contributed by atoms with Crippen LogP contribution < -0.4 is 5.32 Å². The zero-order valence-corrected chi connectivity index (χ0v) is 18.6. The van der Waals surface area contributed by atoms with Gasteiger partial charge in [-0.25, -0.2) is 8.42 Å². The highest BCUT2D eigenvalue weighted by atomic mass is 32.2. The summed E-state index contributed by atoms with van der Waals surface area (Å²) >= 11 is 0. The Morgan fingerprint density at radius 3 is 2.57 bits per heavy atom. The molecule has 1 aliphatic heterocycles. The summed E-state index contributed by atoms with van der Waals surface area (Å²) in [6, 6.07) is 8.42. The number of carbonyl (C=O) groups excluding carboxylic acids is 1. The van der Waals surface area contributed by atoms with Crippen molar-refractivity contribution in [1.82, 2.24) is 24.3 Å². The molecule has 1 fully saturated rings. The molecule has 0 aliphatic carbocycles. The number of amides is 1. The topological polar surface area (TPSA) is 87.5 Å². The van der Waals surface area contributed by atoms with Crippen LogP contribution in [0, 0.1) is 6.92 Å². The monoisotopic (exact) mass is 433 g/mol. The Kier molecular flexibility index (Phi) is 7.63. The van der Waals surface area contributed by atoms with E-state index in [9.17, 15) is 13.2 Å². The van der Waals surface area contributed by atoms with Crippen molar-refractivity contribution in [3.8, 4) is 0 Å². The van der Waals surface area contributed by atoms with Gasteiger partial charge in [-0.1, -0.05) is 18.2 Å². The third kappa shape index (κ3) is 5.68. The standard InChI is InChI=1S/C21H31N5O3S/c1-3-25-17-19(18(2)23-25)16-24-12-7-13-26(14-10-21(27)22-11-15-24)30(28,29)20-8-5-4-6-9-20/h4-6,8-9,17H,3,7,10-16H2,1-2H3,(H,22,27). The van der Waals surface area contributed by atoms with Gasteiger partial charge >= 0.3 is 0 Å². The number of aromatic nitrogens is 2. The first kappa shape index (κ1) is 22.5. The molecule has 1 aliphatic rings. The summed E-state index contributed by atoms with van der Waals surface area (Å²) in [6.45, 7) is 8.19. The molecule has 1 amide bonds. The molecule has 1 N–H and O–H groups in total. The van der Waals surface area contributed by atoms with Gasteiger partial charge < -0.3 is 5.32 Å². The number of rotatable bonds is 5. The minimum atomic E-state index is -3.63. The maximum absolute atomic E-state index is 13.1. The lowest BCUT2D eigenvalue weighted by Crippen LogP contribution is -2.36. The highest BCUT2D eigenvalue weighted by Crippen LogP contribution is 2.17. The molecule has 0 atom stereocenters. The quantitative estimate of drug-likeness (QED) is 0.774. The zero-order valence-electron chi connectivity index (χ0n) is 17.7. The molecule has 0 radical (unpaired) electrons. The van der Waals surface area contributed by atoms with Gasteiger partial charge in [0.05, 0.1) is 10.6 Å². The smallest absolute Gasteiger partial charge is 0.243 e. The van der Waals surface area contributed by atoms with Crippen LogP contribution in [0.5, 0.6) is 0 Å². The van der Waals surface area contributed by atoms with Crippen molar-refractivity contribution in [2.75, 3.05) is 32.7 Å². The second-order valence-electron chi connectivity index (χ2n) is 7.54. The van der Waals surface area contributed by atoms with Crippen molar-refractivity contribution in [2.45, 2.75) is 44.7 Å². The van der Waals surface area contributed by atoms with E-state index in [4.69, 9.17) is 0 Å². The molecule has 0 saturated carbocycles. The lowest BCUT2D eigenvalue weighted by molar-refractivity contribution is -0.121. The molecule has 0 spiro atoms. The van der Waals surface area contributed by atoms with Gasteiger partial charge in [0.1, 0.15) is 0 Å². The molecule has 3 rings (SSSR count). The Morgan fingerprint density at radius 2 is 1.87 bits per heavy atom. The van der Waals surface area contributed by atoms with Gasteiger partial charge in [-0.3, -0.25) is 14.4 Å². The predicted octanol–water partition coefficient (Wildman–Crippen LogP) is 1.61. The molecule has 1 aromatic heterocycles. The molecule has 30 heavy (non-hydrogen) atoms. The normalized spacial score (nSPS) is 18.0. The van der Waals surface area contributed by atoms with E-state index in [0.717, 1.165) is 30.9 Å². The van der Waals surface area contributed by atoms with Crippen molar-refractivity contribution >= 4 is 15.9 Å². The van der Waals surface area contributed by atoms with Crippen LogP contribution in [0.4, 0.5) is 0 Å². The summed E-state index contributed by atoms with van der Waals surface area (Å²) in [6.07, 6.45) is 2.92. The number of nitrogens with zero attached hydrogens (tertiary/aromatic N) is 4. The Bertz CT molecular complexity index is 943. The Morgan fingerprint density at radius 1 is 1.10 bits per heavy atom. The fourth-order valence-electron chi connectivity index (χ4n) is 3.62. The number of benzene rings is 1. The summed E-state index contributed by atoms with van der Waals surface area (Å²) in [7, 11) is -3.63. The molecule has 2 aromatic rings. The van der Waals surface area contributed by atoms with Crippen LogP contribution in [0.15, 0.2) is 41.4 Å². The minimum absolute atomic E-state index is 0.125. The van der Waals surface area contributed by atoms with Crippen molar-refractivity contribution in [3.63, 3.8) is 0 Å². The second-order valence-corrected chi connectivity index (χ2v) is 9.48. The molecule has 1 aromatic carbocycles. The number of aryl methyl sites for hydroxylation is 2. The number of nitrogens with one attached hydrogen (secondary N) is 1. The van der Waals surface area contributed by atoms with Crippen LogP contribution >= 0.6 is 0 Å². The molecule has 0 bridgehead atoms. The lowest BCUT2D eigenvalue weighted by atomic mass is 10.2. The van der Waals surface area contributed by atoms with Crippen molar-refractivity contribution in [1.29, 1.82) is 0 Å². The van der Waals surface area contributed by atoms with Gasteiger partial charge in [-0.2, -0.15) is 9.40 Å². The highest BCUT2D eigenvalue weighted by molar-refractivity contribution is 7.89. The maximum Gasteiger partial charge on any atom is 0.243 e. The molecule has 1 saturated heterocycles. The number of carbonyl (C=O) groups is 1. The summed E-state index contributed by atoms with van der Waals surface area (Å²) in [5, 5.41) is 7.42. The van der Waals surface area contributed by atoms with Gasteiger partial charge in [0.15, 0.2) is 0 Å². The molecule has 8 nitrogen and oxygen atoms in total.